The minimum atomic E-state index is -3.57. The molecule has 0 aromatic carbocycles. The number of hydrogen-bond acceptors (Lipinski definition) is 5. The highest BCUT2D eigenvalue weighted by Crippen LogP contribution is 2.29. The van der Waals surface area contributed by atoms with Crippen LogP contribution < -0.4 is 0 Å². The van der Waals surface area contributed by atoms with Crippen LogP contribution in [0.2, 0.25) is 0 Å². The molecule has 9 heteroatoms. The molecule has 1 aromatic heterocycles. The molecule has 2 rings (SSSR count). The molecule has 2 atom stereocenters. The first kappa shape index (κ1) is 16.3. The van der Waals surface area contributed by atoms with E-state index in [1.165, 1.54) is 21.4 Å². The molecule has 0 spiro atoms. The summed E-state index contributed by atoms with van der Waals surface area (Å²) in [6.07, 6.45) is 2.60. The van der Waals surface area contributed by atoms with Gasteiger partial charge in [0.15, 0.2) is 0 Å². The largest absolute Gasteiger partial charge is 0.481 e. The Morgan fingerprint density at radius 2 is 2.24 bits per heavy atom. The summed E-state index contributed by atoms with van der Waals surface area (Å²) < 4.78 is 28.1. The number of nitrogens with zero attached hydrogens (tertiary/aromatic N) is 3. The molecule has 118 valence electrons. The van der Waals surface area contributed by atoms with Crippen LogP contribution in [-0.4, -0.2) is 57.2 Å². The monoisotopic (exact) mass is 333 g/mol. The number of thioether (sulfide) groups is 1. The Labute approximate surface area is 128 Å². The Morgan fingerprint density at radius 3 is 2.90 bits per heavy atom. The number of sulfonamides is 1. The van der Waals surface area contributed by atoms with Crippen LogP contribution >= 0.6 is 11.8 Å². The number of aryl methyl sites for hydroxylation is 1. The van der Waals surface area contributed by atoms with E-state index in [2.05, 4.69) is 5.10 Å². The van der Waals surface area contributed by atoms with Crippen molar-refractivity contribution in [3.05, 3.63) is 12.4 Å². The van der Waals surface area contributed by atoms with Crippen LogP contribution in [0.3, 0.4) is 0 Å². The minimum absolute atomic E-state index is 0.0730. The number of aromatic nitrogens is 2. The molecule has 0 aliphatic carbocycles. The third-order valence-electron chi connectivity index (χ3n) is 3.60. The number of hydrogen-bond donors (Lipinski definition) is 1. The minimum Gasteiger partial charge on any atom is -0.481 e. The van der Waals surface area contributed by atoms with E-state index < -0.39 is 16.0 Å². The third-order valence-corrected chi connectivity index (χ3v) is 6.87. The second-order valence-electron chi connectivity index (χ2n) is 5.02. The Kier molecular flexibility index (Phi) is 4.95. The van der Waals surface area contributed by atoms with Crippen LogP contribution in [-0.2, 0) is 21.4 Å². The Hall–Kier alpha value is -1.06. The van der Waals surface area contributed by atoms with Crippen molar-refractivity contribution in [1.82, 2.24) is 14.1 Å². The zero-order valence-corrected chi connectivity index (χ0v) is 13.6. The third kappa shape index (κ3) is 3.58. The van der Waals surface area contributed by atoms with Crippen molar-refractivity contribution in [3.63, 3.8) is 0 Å². The molecule has 0 saturated carbocycles. The van der Waals surface area contributed by atoms with E-state index in [9.17, 15) is 13.2 Å². The maximum Gasteiger partial charge on any atom is 0.305 e. The average Bonchev–Trinajstić information content (AvgIpc) is 2.89. The van der Waals surface area contributed by atoms with Crippen molar-refractivity contribution in [1.29, 1.82) is 0 Å². The molecule has 1 N–H and O–H groups in total. The number of carboxylic acids is 1. The summed E-state index contributed by atoms with van der Waals surface area (Å²) >= 11 is 1.77. The maximum atomic E-state index is 12.6. The molecular formula is C12H19N3O4S2. The zero-order chi connectivity index (χ0) is 15.6. The van der Waals surface area contributed by atoms with E-state index in [-0.39, 0.29) is 29.2 Å². The van der Waals surface area contributed by atoms with Gasteiger partial charge in [-0.1, -0.05) is 6.92 Å². The van der Waals surface area contributed by atoms with Crippen molar-refractivity contribution in [2.75, 3.05) is 12.3 Å². The van der Waals surface area contributed by atoms with Crippen LogP contribution in [0.1, 0.15) is 20.3 Å². The smallest absolute Gasteiger partial charge is 0.305 e. The van der Waals surface area contributed by atoms with Crippen LogP contribution in [0.4, 0.5) is 0 Å². The summed E-state index contributed by atoms with van der Waals surface area (Å²) in [5.74, 6) is -0.164. The summed E-state index contributed by atoms with van der Waals surface area (Å²) in [5.41, 5.74) is 0. The lowest BCUT2D eigenvalue weighted by molar-refractivity contribution is -0.137. The fourth-order valence-corrected chi connectivity index (χ4v) is 5.14. The Morgan fingerprint density at radius 1 is 1.52 bits per heavy atom. The highest BCUT2D eigenvalue weighted by molar-refractivity contribution is 8.00. The van der Waals surface area contributed by atoms with Crippen LogP contribution in [0, 0.1) is 0 Å². The van der Waals surface area contributed by atoms with E-state index in [4.69, 9.17) is 5.11 Å². The van der Waals surface area contributed by atoms with Crippen molar-refractivity contribution in [3.8, 4) is 0 Å². The maximum absolute atomic E-state index is 12.6. The first-order valence-corrected chi connectivity index (χ1v) is 9.19. The van der Waals surface area contributed by atoms with E-state index in [1.54, 1.807) is 11.8 Å². The first-order valence-electron chi connectivity index (χ1n) is 6.70. The van der Waals surface area contributed by atoms with E-state index in [0.29, 0.717) is 6.54 Å². The Balaban J connectivity index is 2.17. The molecule has 2 unspecified atom stereocenters. The first-order chi connectivity index (χ1) is 9.82. The molecule has 1 aliphatic heterocycles. The lowest BCUT2D eigenvalue weighted by atomic mass is 10.2. The van der Waals surface area contributed by atoms with Gasteiger partial charge in [-0.3, -0.25) is 9.48 Å². The van der Waals surface area contributed by atoms with Gasteiger partial charge in [0, 0.05) is 29.8 Å². The number of rotatable bonds is 5. The van der Waals surface area contributed by atoms with Crippen LogP contribution in [0.5, 0.6) is 0 Å². The van der Waals surface area contributed by atoms with Gasteiger partial charge in [0.05, 0.1) is 19.2 Å². The normalized spacial score (nSPS) is 24.1. The van der Waals surface area contributed by atoms with Gasteiger partial charge in [0.25, 0.3) is 0 Å². The predicted octanol–water partition coefficient (Wildman–Crippen LogP) is 0.872. The second-order valence-corrected chi connectivity index (χ2v) is 8.39. The second kappa shape index (κ2) is 6.37. The van der Waals surface area contributed by atoms with Crippen molar-refractivity contribution in [2.45, 2.75) is 43.0 Å². The summed E-state index contributed by atoms with van der Waals surface area (Å²) in [7, 11) is -3.57. The molecule has 2 heterocycles. The fourth-order valence-electron chi connectivity index (χ4n) is 2.19. The summed E-state index contributed by atoms with van der Waals surface area (Å²) in [6.45, 7) is 4.57. The van der Waals surface area contributed by atoms with Crippen molar-refractivity contribution >= 4 is 27.8 Å². The molecule has 21 heavy (non-hydrogen) atoms. The zero-order valence-electron chi connectivity index (χ0n) is 12.0. The predicted molar refractivity (Wildman–Crippen MR) is 79.8 cm³/mol. The number of carboxylic acid groups (broad SMARTS) is 1. The standard InChI is InChI=1S/C12H19N3O4S2/c1-9-10(2)20-6-5-15(9)21(18,19)11-7-13-14(8-11)4-3-12(16)17/h7-10H,3-6H2,1-2H3,(H,16,17). The van der Waals surface area contributed by atoms with E-state index in [1.807, 2.05) is 13.8 Å². The molecule has 0 bridgehead atoms. The van der Waals surface area contributed by atoms with Crippen molar-refractivity contribution < 1.29 is 18.3 Å². The quantitative estimate of drug-likeness (QED) is 0.859. The Bertz CT molecular complexity index is 614. The highest BCUT2D eigenvalue weighted by atomic mass is 32.2. The number of aliphatic carboxylic acids is 1. The van der Waals surface area contributed by atoms with Gasteiger partial charge >= 0.3 is 5.97 Å². The van der Waals surface area contributed by atoms with Crippen LogP contribution in [0.15, 0.2) is 17.3 Å². The van der Waals surface area contributed by atoms with E-state index in [0.717, 1.165) is 5.75 Å². The van der Waals surface area contributed by atoms with Gasteiger partial charge in [0.1, 0.15) is 4.90 Å². The average molecular weight is 333 g/mol. The van der Waals surface area contributed by atoms with Gasteiger partial charge in [-0.15, -0.1) is 0 Å². The summed E-state index contributed by atoms with van der Waals surface area (Å²) in [4.78, 5) is 10.7. The van der Waals surface area contributed by atoms with Crippen LogP contribution in [0.25, 0.3) is 0 Å². The lowest BCUT2D eigenvalue weighted by Crippen LogP contribution is -2.47. The fraction of sp³-hybridized carbons (Fsp3) is 0.667. The molecule has 0 radical (unpaired) electrons. The van der Waals surface area contributed by atoms with Crippen molar-refractivity contribution in [2.24, 2.45) is 0 Å². The van der Waals surface area contributed by atoms with Gasteiger partial charge in [-0.05, 0) is 6.92 Å². The summed E-state index contributed by atoms with van der Waals surface area (Å²) in [6, 6.07) is -0.0730. The topological polar surface area (TPSA) is 92.5 Å². The van der Waals surface area contributed by atoms with Gasteiger partial charge in [0.2, 0.25) is 10.0 Å². The lowest BCUT2D eigenvalue weighted by Gasteiger charge is -2.36. The molecule has 1 aromatic rings. The number of carbonyl (C=O) groups is 1. The van der Waals surface area contributed by atoms with Gasteiger partial charge in [-0.25, -0.2) is 8.42 Å². The summed E-state index contributed by atoms with van der Waals surface area (Å²) in [5, 5.41) is 12.8. The molecule has 1 saturated heterocycles. The van der Waals surface area contributed by atoms with Gasteiger partial charge < -0.3 is 5.11 Å². The van der Waals surface area contributed by atoms with Gasteiger partial charge in [-0.2, -0.15) is 21.2 Å². The van der Waals surface area contributed by atoms with E-state index >= 15 is 0 Å². The SMILES string of the molecule is CC1SCCN(S(=O)(=O)c2cnn(CCC(=O)O)c2)C1C. The molecule has 0 amide bonds. The highest BCUT2D eigenvalue weighted by Gasteiger charge is 2.35. The molecular weight excluding hydrogens is 314 g/mol. The molecule has 1 aliphatic rings. The molecule has 7 nitrogen and oxygen atoms in total. The molecule has 1 fully saturated rings.